The molecule has 0 aliphatic rings. The van der Waals surface area contributed by atoms with Crippen molar-refractivity contribution < 1.29 is 4.42 Å². The minimum Gasteiger partial charge on any atom is -0.423 e. The standard InChI is InChI=1S/C16H16N4O3S/c1-8-4-12-11(6-14(21)23-13(12)5-9(8)2)7-24-16-19-18-10(3)15(22)20(16)17/h4-6H,7,17H2,1-3H3. The molecule has 0 saturated carbocycles. The van der Waals surface area contributed by atoms with E-state index >= 15 is 0 Å². The first-order valence-corrected chi connectivity index (χ1v) is 8.23. The van der Waals surface area contributed by atoms with E-state index in [0.717, 1.165) is 26.8 Å². The van der Waals surface area contributed by atoms with Gasteiger partial charge in [-0.3, -0.25) is 4.79 Å². The average molecular weight is 344 g/mol. The van der Waals surface area contributed by atoms with Gasteiger partial charge >= 0.3 is 5.63 Å². The average Bonchev–Trinajstić information content (AvgIpc) is 2.53. The second-order valence-corrected chi connectivity index (χ2v) is 6.50. The molecule has 2 heterocycles. The SMILES string of the molecule is Cc1cc2oc(=O)cc(CSc3nnc(C)c(=O)n3N)c2cc1C. The van der Waals surface area contributed by atoms with Gasteiger partial charge in [-0.1, -0.05) is 11.8 Å². The lowest BCUT2D eigenvalue weighted by Gasteiger charge is -2.09. The van der Waals surface area contributed by atoms with E-state index in [4.69, 9.17) is 10.3 Å². The van der Waals surface area contributed by atoms with Crippen molar-refractivity contribution in [3.63, 3.8) is 0 Å². The summed E-state index contributed by atoms with van der Waals surface area (Å²) in [5.41, 5.74) is 2.92. The summed E-state index contributed by atoms with van der Waals surface area (Å²) >= 11 is 1.24. The minimum absolute atomic E-state index is 0.235. The molecule has 0 atom stereocenters. The van der Waals surface area contributed by atoms with E-state index < -0.39 is 11.2 Å². The van der Waals surface area contributed by atoms with Crippen LogP contribution in [0, 0.1) is 20.8 Å². The highest BCUT2D eigenvalue weighted by Crippen LogP contribution is 2.26. The molecule has 0 aliphatic carbocycles. The van der Waals surface area contributed by atoms with E-state index in [1.807, 2.05) is 26.0 Å². The topological polar surface area (TPSA) is 104 Å². The summed E-state index contributed by atoms with van der Waals surface area (Å²) in [6, 6.07) is 5.29. The molecule has 0 fully saturated rings. The van der Waals surface area contributed by atoms with E-state index in [2.05, 4.69) is 10.2 Å². The molecule has 2 N–H and O–H groups in total. The maximum Gasteiger partial charge on any atom is 0.336 e. The van der Waals surface area contributed by atoms with Crippen LogP contribution in [0.4, 0.5) is 0 Å². The van der Waals surface area contributed by atoms with Gasteiger partial charge in [0.15, 0.2) is 0 Å². The van der Waals surface area contributed by atoms with Gasteiger partial charge in [0.25, 0.3) is 5.56 Å². The fourth-order valence-electron chi connectivity index (χ4n) is 2.31. The Balaban J connectivity index is 2.02. The zero-order valence-electron chi connectivity index (χ0n) is 13.5. The number of hydrogen-bond donors (Lipinski definition) is 1. The summed E-state index contributed by atoms with van der Waals surface area (Å²) < 4.78 is 6.24. The molecule has 3 aromatic rings. The summed E-state index contributed by atoms with van der Waals surface area (Å²) in [5, 5.41) is 8.88. The van der Waals surface area contributed by atoms with E-state index in [0.29, 0.717) is 11.3 Å². The lowest BCUT2D eigenvalue weighted by Crippen LogP contribution is -2.32. The molecule has 0 amide bonds. The molecule has 0 unspecified atom stereocenters. The van der Waals surface area contributed by atoms with Gasteiger partial charge in [0, 0.05) is 17.2 Å². The van der Waals surface area contributed by atoms with E-state index in [1.165, 1.54) is 17.8 Å². The molecule has 3 rings (SSSR count). The third kappa shape index (κ3) is 2.92. The van der Waals surface area contributed by atoms with E-state index in [1.54, 1.807) is 6.92 Å². The molecular weight excluding hydrogens is 328 g/mol. The molecule has 24 heavy (non-hydrogen) atoms. The van der Waals surface area contributed by atoms with Crippen LogP contribution in [0.5, 0.6) is 0 Å². The lowest BCUT2D eigenvalue weighted by molar-refractivity contribution is 0.559. The fourth-order valence-corrected chi connectivity index (χ4v) is 3.16. The second kappa shape index (κ2) is 6.12. The van der Waals surface area contributed by atoms with Crippen LogP contribution in [0.15, 0.2) is 37.4 Å². The maximum atomic E-state index is 11.8. The number of nitrogens with zero attached hydrogens (tertiary/aromatic N) is 3. The molecule has 0 aliphatic heterocycles. The molecule has 1 aromatic carbocycles. The monoisotopic (exact) mass is 344 g/mol. The van der Waals surface area contributed by atoms with Crippen molar-refractivity contribution in [3.05, 3.63) is 61.4 Å². The summed E-state index contributed by atoms with van der Waals surface area (Å²) in [7, 11) is 0. The number of aromatic nitrogens is 3. The number of nitrogen functional groups attached to an aromatic ring is 1. The van der Waals surface area contributed by atoms with Gasteiger partial charge in [-0.25, -0.2) is 4.79 Å². The number of aryl methyl sites for hydroxylation is 3. The number of fused-ring (bicyclic) bond motifs is 1. The van der Waals surface area contributed by atoms with E-state index in [9.17, 15) is 9.59 Å². The molecule has 0 spiro atoms. The zero-order chi connectivity index (χ0) is 17.4. The van der Waals surface area contributed by atoms with Crippen LogP contribution in [-0.4, -0.2) is 14.9 Å². The van der Waals surface area contributed by atoms with Gasteiger partial charge in [0.2, 0.25) is 5.16 Å². The Labute approximate surface area is 141 Å². The van der Waals surface area contributed by atoms with Gasteiger partial charge < -0.3 is 10.3 Å². The Morgan fingerprint density at radius 1 is 1.12 bits per heavy atom. The summed E-state index contributed by atoms with van der Waals surface area (Å²) in [4.78, 5) is 23.6. The lowest BCUT2D eigenvalue weighted by atomic mass is 10.0. The Morgan fingerprint density at radius 3 is 2.58 bits per heavy atom. The van der Waals surface area contributed by atoms with E-state index in [-0.39, 0.29) is 10.9 Å². The van der Waals surface area contributed by atoms with Crippen LogP contribution < -0.4 is 17.0 Å². The number of thioether (sulfide) groups is 1. The molecule has 0 bridgehead atoms. The normalized spacial score (nSPS) is 11.1. The van der Waals surface area contributed by atoms with Crippen molar-refractivity contribution in [3.8, 4) is 0 Å². The molecule has 0 radical (unpaired) electrons. The Hall–Kier alpha value is -2.61. The smallest absolute Gasteiger partial charge is 0.336 e. The van der Waals surface area contributed by atoms with Crippen molar-refractivity contribution in [1.29, 1.82) is 0 Å². The predicted molar refractivity (Wildman–Crippen MR) is 92.7 cm³/mol. The van der Waals surface area contributed by atoms with Gasteiger partial charge in [0.05, 0.1) is 0 Å². The van der Waals surface area contributed by atoms with Crippen molar-refractivity contribution in [2.75, 3.05) is 5.84 Å². The Kier molecular flexibility index (Phi) is 4.15. The Bertz CT molecular complexity index is 1060. The first kappa shape index (κ1) is 16.3. The van der Waals surface area contributed by atoms with Crippen LogP contribution >= 0.6 is 11.8 Å². The van der Waals surface area contributed by atoms with Crippen LogP contribution in [0.2, 0.25) is 0 Å². The number of nitrogens with two attached hydrogens (primary N) is 1. The molecule has 2 aromatic heterocycles. The molecule has 0 saturated heterocycles. The second-order valence-electron chi connectivity index (χ2n) is 5.56. The van der Waals surface area contributed by atoms with Crippen LogP contribution in [0.3, 0.4) is 0 Å². The summed E-state index contributed by atoms with van der Waals surface area (Å²) in [6.45, 7) is 5.51. The van der Waals surface area contributed by atoms with Gasteiger partial charge in [0.1, 0.15) is 11.3 Å². The highest BCUT2D eigenvalue weighted by molar-refractivity contribution is 7.98. The fraction of sp³-hybridized carbons (Fsp3) is 0.250. The highest BCUT2D eigenvalue weighted by Gasteiger charge is 2.11. The third-order valence-electron chi connectivity index (χ3n) is 3.82. The summed E-state index contributed by atoms with van der Waals surface area (Å²) in [5.74, 6) is 6.15. The highest BCUT2D eigenvalue weighted by atomic mass is 32.2. The zero-order valence-corrected chi connectivity index (χ0v) is 14.3. The molecular formula is C16H16N4O3S. The molecule has 7 nitrogen and oxygen atoms in total. The van der Waals surface area contributed by atoms with Crippen LogP contribution in [-0.2, 0) is 5.75 Å². The number of rotatable bonds is 3. The van der Waals surface area contributed by atoms with Crippen molar-refractivity contribution in [2.24, 2.45) is 0 Å². The first-order valence-electron chi connectivity index (χ1n) is 7.25. The predicted octanol–water partition coefficient (Wildman–Crippen LogP) is 1.68. The van der Waals surface area contributed by atoms with Gasteiger partial charge in [-0.15, -0.1) is 10.2 Å². The van der Waals surface area contributed by atoms with Crippen molar-refractivity contribution >= 4 is 22.7 Å². The number of hydrogen-bond acceptors (Lipinski definition) is 7. The molecule has 124 valence electrons. The van der Waals surface area contributed by atoms with Crippen molar-refractivity contribution in [2.45, 2.75) is 31.7 Å². The maximum absolute atomic E-state index is 11.8. The largest absolute Gasteiger partial charge is 0.423 e. The van der Waals surface area contributed by atoms with Crippen LogP contribution in [0.1, 0.15) is 22.4 Å². The van der Waals surface area contributed by atoms with Gasteiger partial charge in [-0.05, 0) is 49.6 Å². The molecule has 8 heteroatoms. The van der Waals surface area contributed by atoms with Gasteiger partial charge in [-0.2, -0.15) is 4.68 Å². The number of benzene rings is 1. The minimum atomic E-state index is -0.415. The van der Waals surface area contributed by atoms with Crippen molar-refractivity contribution in [1.82, 2.24) is 14.9 Å². The third-order valence-corrected chi connectivity index (χ3v) is 4.81. The summed E-state index contributed by atoms with van der Waals surface area (Å²) in [6.07, 6.45) is 0. The first-order chi connectivity index (χ1) is 11.4. The quantitative estimate of drug-likeness (QED) is 0.438. The van der Waals surface area contributed by atoms with Crippen LogP contribution in [0.25, 0.3) is 11.0 Å². The Morgan fingerprint density at radius 2 is 1.83 bits per heavy atom.